The van der Waals surface area contributed by atoms with Gasteiger partial charge in [-0.25, -0.2) is 9.48 Å². The molecule has 0 atom stereocenters. The van der Waals surface area contributed by atoms with Crippen LogP contribution in [0.4, 0.5) is 0 Å². The Labute approximate surface area is 151 Å². The zero-order valence-corrected chi connectivity index (χ0v) is 15.1. The number of carbonyl (C=O) groups excluding carboxylic acids is 1. The Morgan fingerprint density at radius 1 is 1.00 bits per heavy atom. The summed E-state index contributed by atoms with van der Waals surface area (Å²) in [5.74, 6) is 0.483. The fourth-order valence-corrected chi connectivity index (χ4v) is 2.87. The van der Waals surface area contributed by atoms with Crippen LogP contribution in [-0.4, -0.2) is 37.1 Å². The van der Waals surface area contributed by atoms with E-state index in [0.717, 1.165) is 22.5 Å². The SMILES string of the molecule is COC(=O)c1cc(-c2ccnn2-c2ccccc2C)c(OC)cc1OC. The molecule has 6 heteroatoms. The summed E-state index contributed by atoms with van der Waals surface area (Å²) in [6.07, 6.45) is 1.71. The van der Waals surface area contributed by atoms with Crippen molar-refractivity contribution in [3.8, 4) is 28.4 Å². The van der Waals surface area contributed by atoms with Gasteiger partial charge in [0.25, 0.3) is 0 Å². The monoisotopic (exact) mass is 352 g/mol. The number of hydrogen-bond acceptors (Lipinski definition) is 5. The van der Waals surface area contributed by atoms with E-state index in [2.05, 4.69) is 5.10 Å². The maximum Gasteiger partial charge on any atom is 0.341 e. The van der Waals surface area contributed by atoms with E-state index in [1.54, 1.807) is 25.4 Å². The Morgan fingerprint density at radius 2 is 1.73 bits per heavy atom. The van der Waals surface area contributed by atoms with Crippen LogP contribution in [0.3, 0.4) is 0 Å². The van der Waals surface area contributed by atoms with Gasteiger partial charge in [-0.3, -0.25) is 0 Å². The van der Waals surface area contributed by atoms with Crippen molar-refractivity contribution in [1.29, 1.82) is 0 Å². The molecule has 0 saturated carbocycles. The third-order valence-electron chi connectivity index (χ3n) is 4.19. The molecule has 2 aromatic carbocycles. The highest BCUT2D eigenvalue weighted by Gasteiger charge is 2.21. The predicted octanol–water partition coefficient (Wildman–Crippen LogP) is 3.65. The van der Waals surface area contributed by atoms with Gasteiger partial charge in [0.1, 0.15) is 17.1 Å². The van der Waals surface area contributed by atoms with Gasteiger partial charge in [-0.2, -0.15) is 5.10 Å². The smallest absolute Gasteiger partial charge is 0.341 e. The van der Waals surface area contributed by atoms with E-state index in [1.165, 1.54) is 14.2 Å². The number of ether oxygens (including phenoxy) is 3. The van der Waals surface area contributed by atoms with Crippen molar-refractivity contribution < 1.29 is 19.0 Å². The van der Waals surface area contributed by atoms with Crippen molar-refractivity contribution in [2.45, 2.75) is 6.92 Å². The minimum absolute atomic E-state index is 0.323. The fourth-order valence-electron chi connectivity index (χ4n) is 2.87. The quantitative estimate of drug-likeness (QED) is 0.656. The minimum Gasteiger partial charge on any atom is -0.496 e. The molecule has 0 fully saturated rings. The van der Waals surface area contributed by atoms with Crippen LogP contribution < -0.4 is 9.47 Å². The van der Waals surface area contributed by atoms with E-state index in [9.17, 15) is 4.79 Å². The van der Waals surface area contributed by atoms with Crippen LogP contribution in [-0.2, 0) is 4.74 Å². The van der Waals surface area contributed by atoms with Gasteiger partial charge in [0, 0.05) is 11.6 Å². The van der Waals surface area contributed by atoms with E-state index >= 15 is 0 Å². The van der Waals surface area contributed by atoms with E-state index < -0.39 is 5.97 Å². The van der Waals surface area contributed by atoms with Crippen LogP contribution in [0.2, 0.25) is 0 Å². The Balaban J connectivity index is 2.24. The second kappa shape index (κ2) is 7.31. The van der Waals surface area contributed by atoms with Gasteiger partial charge >= 0.3 is 5.97 Å². The lowest BCUT2D eigenvalue weighted by Gasteiger charge is -2.16. The van der Waals surface area contributed by atoms with Crippen LogP contribution in [0.1, 0.15) is 15.9 Å². The van der Waals surface area contributed by atoms with Gasteiger partial charge in [-0.15, -0.1) is 0 Å². The number of esters is 1. The number of para-hydroxylation sites is 1. The number of aryl methyl sites for hydroxylation is 1. The fraction of sp³-hybridized carbons (Fsp3) is 0.200. The zero-order chi connectivity index (χ0) is 18.7. The summed E-state index contributed by atoms with van der Waals surface area (Å²) in [5, 5.41) is 4.45. The number of nitrogens with zero attached hydrogens (tertiary/aromatic N) is 2. The highest BCUT2D eigenvalue weighted by atomic mass is 16.5. The molecular formula is C20H20N2O4. The molecule has 0 aliphatic rings. The Hall–Kier alpha value is -3.28. The lowest BCUT2D eigenvalue weighted by molar-refractivity contribution is 0.0597. The molecule has 0 N–H and O–H groups in total. The van der Waals surface area contributed by atoms with Crippen molar-refractivity contribution in [2.75, 3.05) is 21.3 Å². The van der Waals surface area contributed by atoms with Gasteiger partial charge < -0.3 is 14.2 Å². The number of aromatic nitrogens is 2. The van der Waals surface area contributed by atoms with E-state index in [0.29, 0.717) is 17.1 Å². The molecule has 0 amide bonds. The number of methoxy groups -OCH3 is 3. The molecule has 1 heterocycles. The highest BCUT2D eigenvalue weighted by Crippen LogP contribution is 2.37. The van der Waals surface area contributed by atoms with Crippen molar-refractivity contribution in [3.63, 3.8) is 0 Å². The van der Waals surface area contributed by atoms with Crippen molar-refractivity contribution in [3.05, 3.63) is 59.8 Å². The molecule has 0 aliphatic heterocycles. The lowest BCUT2D eigenvalue weighted by atomic mass is 10.0. The normalized spacial score (nSPS) is 10.5. The topological polar surface area (TPSA) is 62.6 Å². The van der Waals surface area contributed by atoms with Crippen LogP contribution in [0.15, 0.2) is 48.7 Å². The molecule has 3 rings (SSSR count). The summed E-state index contributed by atoms with van der Waals surface area (Å²) in [6.45, 7) is 2.02. The molecule has 0 radical (unpaired) electrons. The summed E-state index contributed by atoms with van der Waals surface area (Å²) in [7, 11) is 4.41. The molecule has 0 bridgehead atoms. The second-order valence-corrected chi connectivity index (χ2v) is 5.66. The molecule has 26 heavy (non-hydrogen) atoms. The summed E-state index contributed by atoms with van der Waals surface area (Å²) < 4.78 is 17.5. The maximum absolute atomic E-state index is 12.2. The molecule has 0 unspecified atom stereocenters. The summed E-state index contributed by atoms with van der Waals surface area (Å²) in [4.78, 5) is 12.2. The molecule has 0 aliphatic carbocycles. The molecule has 134 valence electrons. The summed E-state index contributed by atoms with van der Waals surface area (Å²) >= 11 is 0. The molecule has 0 saturated heterocycles. The van der Waals surface area contributed by atoms with Crippen LogP contribution >= 0.6 is 0 Å². The van der Waals surface area contributed by atoms with Gasteiger partial charge in [0.15, 0.2) is 0 Å². The first-order valence-electron chi connectivity index (χ1n) is 8.05. The number of hydrogen-bond donors (Lipinski definition) is 0. The summed E-state index contributed by atoms with van der Waals surface area (Å²) in [5.41, 5.74) is 3.87. The van der Waals surface area contributed by atoms with Crippen molar-refractivity contribution in [1.82, 2.24) is 9.78 Å². The molecule has 0 spiro atoms. The number of benzene rings is 2. The molecular weight excluding hydrogens is 332 g/mol. The van der Waals surface area contributed by atoms with Gasteiger partial charge in [-0.1, -0.05) is 18.2 Å². The maximum atomic E-state index is 12.2. The average molecular weight is 352 g/mol. The Bertz CT molecular complexity index is 947. The number of carbonyl (C=O) groups is 1. The Kier molecular flexibility index (Phi) is 4.93. The largest absolute Gasteiger partial charge is 0.496 e. The van der Waals surface area contributed by atoms with Gasteiger partial charge in [0.05, 0.1) is 38.9 Å². The zero-order valence-electron chi connectivity index (χ0n) is 15.1. The lowest BCUT2D eigenvalue weighted by Crippen LogP contribution is -2.07. The van der Waals surface area contributed by atoms with Crippen molar-refractivity contribution in [2.24, 2.45) is 0 Å². The van der Waals surface area contributed by atoms with E-state index in [4.69, 9.17) is 14.2 Å². The van der Waals surface area contributed by atoms with Crippen LogP contribution in [0.5, 0.6) is 11.5 Å². The van der Waals surface area contributed by atoms with E-state index in [-0.39, 0.29) is 0 Å². The molecule has 1 aromatic heterocycles. The first-order chi connectivity index (χ1) is 12.6. The first-order valence-corrected chi connectivity index (χ1v) is 8.05. The van der Waals surface area contributed by atoms with Gasteiger partial charge in [0.2, 0.25) is 0 Å². The molecule has 6 nitrogen and oxygen atoms in total. The average Bonchev–Trinajstić information content (AvgIpc) is 3.15. The molecule has 3 aromatic rings. The van der Waals surface area contributed by atoms with Gasteiger partial charge in [-0.05, 0) is 30.7 Å². The standard InChI is InChI=1S/C20H20N2O4/c1-13-7-5-6-8-16(13)22-17(9-10-21-22)14-11-15(20(23)26-4)19(25-3)12-18(14)24-2/h5-12H,1-4H3. The van der Waals surface area contributed by atoms with E-state index in [1.807, 2.05) is 41.9 Å². The Morgan fingerprint density at radius 3 is 2.38 bits per heavy atom. The number of rotatable bonds is 5. The van der Waals surface area contributed by atoms with Crippen molar-refractivity contribution >= 4 is 5.97 Å². The third kappa shape index (κ3) is 3.01. The first kappa shape index (κ1) is 17.5. The predicted molar refractivity (Wildman–Crippen MR) is 98.2 cm³/mol. The minimum atomic E-state index is -0.479. The second-order valence-electron chi connectivity index (χ2n) is 5.66. The van der Waals surface area contributed by atoms with Crippen LogP contribution in [0.25, 0.3) is 16.9 Å². The van der Waals surface area contributed by atoms with Crippen LogP contribution in [0, 0.1) is 6.92 Å². The summed E-state index contributed by atoms with van der Waals surface area (Å²) in [6, 6.07) is 13.2. The highest BCUT2D eigenvalue weighted by molar-refractivity contribution is 5.95. The third-order valence-corrected chi connectivity index (χ3v) is 4.19.